The molecule has 0 radical (unpaired) electrons. The summed E-state index contributed by atoms with van der Waals surface area (Å²) in [5.74, 6) is 2.53. The highest BCUT2D eigenvalue weighted by Crippen LogP contribution is 2.30. The Kier molecular flexibility index (Phi) is 3.40. The van der Waals surface area contributed by atoms with Crippen molar-refractivity contribution in [1.29, 1.82) is 5.26 Å². The number of hydrogen-bond acceptors (Lipinski definition) is 3. The summed E-state index contributed by atoms with van der Waals surface area (Å²) < 4.78 is 0. The molecule has 1 N–H and O–H groups in total. The van der Waals surface area contributed by atoms with Gasteiger partial charge in [0.25, 0.3) is 0 Å². The van der Waals surface area contributed by atoms with E-state index < -0.39 is 0 Å². The lowest BCUT2D eigenvalue weighted by atomic mass is 10.1. The molecule has 0 amide bonds. The lowest BCUT2D eigenvalue weighted by molar-refractivity contribution is 0.536. The standard InChI is InChI=1S/C13H17N3/c1-10-2-3-11(6-10)8-15-13-5-4-12(7-14)9-16-13/h4-5,9-11H,2-3,6,8H2,1H3,(H,15,16). The van der Waals surface area contributed by atoms with Crippen LogP contribution in [0.2, 0.25) is 0 Å². The van der Waals surface area contributed by atoms with Gasteiger partial charge in [-0.3, -0.25) is 0 Å². The van der Waals surface area contributed by atoms with Crippen LogP contribution in [0.3, 0.4) is 0 Å². The van der Waals surface area contributed by atoms with Gasteiger partial charge in [0.1, 0.15) is 11.9 Å². The zero-order valence-electron chi connectivity index (χ0n) is 9.61. The van der Waals surface area contributed by atoms with Gasteiger partial charge in [0.2, 0.25) is 0 Å². The van der Waals surface area contributed by atoms with Crippen molar-refractivity contribution in [2.45, 2.75) is 26.2 Å². The number of nitrogens with zero attached hydrogens (tertiary/aromatic N) is 2. The Hall–Kier alpha value is -1.56. The van der Waals surface area contributed by atoms with E-state index in [-0.39, 0.29) is 0 Å². The van der Waals surface area contributed by atoms with Gasteiger partial charge < -0.3 is 5.32 Å². The lowest BCUT2D eigenvalue weighted by Crippen LogP contribution is -2.12. The summed E-state index contributed by atoms with van der Waals surface area (Å²) in [5.41, 5.74) is 0.611. The predicted octanol–water partition coefficient (Wildman–Crippen LogP) is 2.80. The molecule has 1 heterocycles. The fourth-order valence-electron chi connectivity index (χ4n) is 2.32. The molecular weight excluding hydrogens is 198 g/mol. The van der Waals surface area contributed by atoms with E-state index in [1.807, 2.05) is 6.07 Å². The van der Waals surface area contributed by atoms with Crippen LogP contribution in [0.25, 0.3) is 0 Å². The van der Waals surface area contributed by atoms with E-state index in [4.69, 9.17) is 5.26 Å². The number of aromatic nitrogens is 1. The second-order valence-corrected chi connectivity index (χ2v) is 4.71. The highest BCUT2D eigenvalue weighted by atomic mass is 15.0. The fraction of sp³-hybridized carbons (Fsp3) is 0.538. The van der Waals surface area contributed by atoms with Gasteiger partial charge >= 0.3 is 0 Å². The third kappa shape index (κ3) is 2.73. The summed E-state index contributed by atoms with van der Waals surface area (Å²) in [7, 11) is 0. The molecule has 1 saturated carbocycles. The Balaban J connectivity index is 1.83. The molecule has 2 unspecified atom stereocenters. The first-order valence-electron chi connectivity index (χ1n) is 5.88. The quantitative estimate of drug-likeness (QED) is 0.843. The SMILES string of the molecule is CC1CCC(CNc2ccc(C#N)cn2)C1. The van der Waals surface area contributed by atoms with Crippen LogP contribution in [0.5, 0.6) is 0 Å². The second-order valence-electron chi connectivity index (χ2n) is 4.71. The summed E-state index contributed by atoms with van der Waals surface area (Å²) in [4.78, 5) is 4.20. The topological polar surface area (TPSA) is 48.7 Å². The molecule has 16 heavy (non-hydrogen) atoms. The van der Waals surface area contributed by atoms with Gasteiger partial charge in [-0.1, -0.05) is 13.3 Å². The molecule has 0 bridgehead atoms. The van der Waals surface area contributed by atoms with Gasteiger partial charge in [-0.2, -0.15) is 5.26 Å². The minimum absolute atomic E-state index is 0.611. The number of rotatable bonds is 3. The Bertz CT molecular complexity index is 377. The van der Waals surface area contributed by atoms with Crippen molar-refractivity contribution in [3.63, 3.8) is 0 Å². The third-order valence-electron chi connectivity index (χ3n) is 3.27. The van der Waals surface area contributed by atoms with Gasteiger partial charge in [0.15, 0.2) is 0 Å². The first-order chi connectivity index (χ1) is 7.78. The van der Waals surface area contributed by atoms with Crippen LogP contribution >= 0.6 is 0 Å². The van der Waals surface area contributed by atoms with E-state index in [9.17, 15) is 0 Å². The molecule has 1 aliphatic rings. The van der Waals surface area contributed by atoms with Crippen molar-refractivity contribution >= 4 is 5.82 Å². The normalized spacial score (nSPS) is 24.0. The van der Waals surface area contributed by atoms with E-state index >= 15 is 0 Å². The number of anilines is 1. The minimum Gasteiger partial charge on any atom is -0.370 e. The zero-order valence-corrected chi connectivity index (χ0v) is 9.61. The second kappa shape index (κ2) is 4.98. The van der Waals surface area contributed by atoms with Crippen molar-refractivity contribution in [2.75, 3.05) is 11.9 Å². The van der Waals surface area contributed by atoms with Crippen LogP contribution in [0.1, 0.15) is 31.7 Å². The molecule has 1 fully saturated rings. The fourth-order valence-corrected chi connectivity index (χ4v) is 2.32. The van der Waals surface area contributed by atoms with E-state index in [1.165, 1.54) is 19.3 Å². The Morgan fingerprint density at radius 3 is 2.94 bits per heavy atom. The molecule has 1 aliphatic carbocycles. The molecule has 1 aromatic heterocycles. The molecule has 2 rings (SSSR count). The first-order valence-corrected chi connectivity index (χ1v) is 5.88. The number of pyridine rings is 1. The van der Waals surface area contributed by atoms with Gasteiger partial charge in [-0.15, -0.1) is 0 Å². The van der Waals surface area contributed by atoms with Gasteiger partial charge in [-0.05, 0) is 36.8 Å². The van der Waals surface area contributed by atoms with Crippen molar-refractivity contribution in [1.82, 2.24) is 4.98 Å². The molecule has 84 valence electrons. The van der Waals surface area contributed by atoms with Crippen LogP contribution in [-0.2, 0) is 0 Å². The highest BCUT2D eigenvalue weighted by molar-refractivity contribution is 5.38. The third-order valence-corrected chi connectivity index (χ3v) is 3.27. The molecule has 0 aliphatic heterocycles. The van der Waals surface area contributed by atoms with E-state index in [1.54, 1.807) is 12.3 Å². The van der Waals surface area contributed by atoms with Crippen molar-refractivity contribution in [3.8, 4) is 6.07 Å². The molecule has 2 atom stereocenters. The number of hydrogen-bond donors (Lipinski definition) is 1. The van der Waals surface area contributed by atoms with E-state index in [0.29, 0.717) is 5.56 Å². The molecule has 3 heteroatoms. The average Bonchev–Trinajstić information content (AvgIpc) is 2.73. The monoisotopic (exact) mass is 215 g/mol. The average molecular weight is 215 g/mol. The first kappa shape index (κ1) is 10.9. The van der Waals surface area contributed by atoms with E-state index in [2.05, 4.69) is 23.3 Å². The molecule has 0 saturated heterocycles. The molecule has 1 aromatic rings. The molecule has 0 aromatic carbocycles. The van der Waals surface area contributed by atoms with Crippen LogP contribution in [0, 0.1) is 23.2 Å². The summed E-state index contributed by atoms with van der Waals surface area (Å²) in [6.45, 7) is 3.32. The maximum Gasteiger partial charge on any atom is 0.125 e. The summed E-state index contributed by atoms with van der Waals surface area (Å²) >= 11 is 0. The van der Waals surface area contributed by atoms with Crippen LogP contribution < -0.4 is 5.32 Å². The van der Waals surface area contributed by atoms with Crippen LogP contribution in [0.15, 0.2) is 18.3 Å². The van der Waals surface area contributed by atoms with Gasteiger partial charge in [-0.25, -0.2) is 4.98 Å². The molecular formula is C13H17N3. The van der Waals surface area contributed by atoms with Crippen LogP contribution in [0.4, 0.5) is 5.82 Å². The molecule has 3 nitrogen and oxygen atoms in total. The maximum atomic E-state index is 8.65. The smallest absolute Gasteiger partial charge is 0.125 e. The largest absolute Gasteiger partial charge is 0.370 e. The number of nitriles is 1. The maximum absolute atomic E-state index is 8.65. The van der Waals surface area contributed by atoms with Crippen molar-refractivity contribution in [2.24, 2.45) is 11.8 Å². The predicted molar refractivity (Wildman–Crippen MR) is 63.9 cm³/mol. The summed E-state index contributed by atoms with van der Waals surface area (Å²) in [6.07, 6.45) is 5.61. The Morgan fingerprint density at radius 1 is 1.50 bits per heavy atom. The van der Waals surface area contributed by atoms with E-state index in [0.717, 1.165) is 24.2 Å². The summed E-state index contributed by atoms with van der Waals surface area (Å²) in [5, 5.41) is 12.0. The van der Waals surface area contributed by atoms with Gasteiger partial charge in [0.05, 0.1) is 5.56 Å². The lowest BCUT2D eigenvalue weighted by Gasteiger charge is -2.11. The summed E-state index contributed by atoms with van der Waals surface area (Å²) in [6, 6.07) is 5.74. The van der Waals surface area contributed by atoms with Crippen molar-refractivity contribution < 1.29 is 0 Å². The Morgan fingerprint density at radius 2 is 2.38 bits per heavy atom. The highest BCUT2D eigenvalue weighted by Gasteiger charge is 2.20. The van der Waals surface area contributed by atoms with Crippen LogP contribution in [-0.4, -0.2) is 11.5 Å². The number of nitrogens with one attached hydrogen (secondary N) is 1. The van der Waals surface area contributed by atoms with Gasteiger partial charge in [0, 0.05) is 12.7 Å². The molecule has 0 spiro atoms. The Labute approximate surface area is 96.5 Å². The minimum atomic E-state index is 0.611. The van der Waals surface area contributed by atoms with Crippen molar-refractivity contribution in [3.05, 3.63) is 23.9 Å². The zero-order chi connectivity index (χ0) is 11.4.